The molecule has 1 saturated carbocycles. The summed E-state index contributed by atoms with van der Waals surface area (Å²) in [6.07, 6.45) is 0. The van der Waals surface area contributed by atoms with E-state index in [0.29, 0.717) is 11.5 Å². The lowest BCUT2D eigenvalue weighted by molar-refractivity contribution is -0.693. The van der Waals surface area contributed by atoms with Crippen LogP contribution < -0.4 is 20.2 Å². The molecule has 27 heavy (non-hydrogen) atoms. The van der Waals surface area contributed by atoms with E-state index in [0.717, 1.165) is 5.56 Å². The number of amidine groups is 1. The third kappa shape index (κ3) is 2.05. The summed E-state index contributed by atoms with van der Waals surface area (Å²) < 4.78 is 22.4. The van der Waals surface area contributed by atoms with E-state index in [4.69, 9.17) is 24.7 Å². The zero-order valence-electron chi connectivity index (χ0n) is 15.8. The van der Waals surface area contributed by atoms with Crippen molar-refractivity contribution in [3.63, 3.8) is 0 Å². The molecular weight excluding hydrogens is 348 g/mol. The maximum absolute atomic E-state index is 10.2. The van der Waals surface area contributed by atoms with E-state index in [1.54, 1.807) is 39.2 Å². The van der Waals surface area contributed by atoms with Gasteiger partial charge in [0.05, 0.1) is 39.6 Å². The number of nitrogens with zero attached hydrogens (tertiary/aromatic N) is 2. The molecular formula is C19H23N4O4+. The molecule has 0 spiro atoms. The first kappa shape index (κ1) is 19.0. The number of methoxy groups -OCH3 is 2. The predicted molar refractivity (Wildman–Crippen MR) is 94.5 cm³/mol. The second-order valence-electron chi connectivity index (χ2n) is 6.41. The Morgan fingerprint density at radius 2 is 1.70 bits per heavy atom. The fourth-order valence-electron chi connectivity index (χ4n) is 4.39. The number of benzene rings is 1. The number of nitrogens with one attached hydrogen (secondary N) is 1. The third-order valence-electron chi connectivity index (χ3n) is 5.44. The average molecular weight is 371 g/mol. The van der Waals surface area contributed by atoms with E-state index in [2.05, 4.69) is 17.1 Å². The van der Waals surface area contributed by atoms with Crippen LogP contribution in [0.4, 0.5) is 0 Å². The van der Waals surface area contributed by atoms with Gasteiger partial charge in [-0.15, -0.1) is 0 Å². The minimum absolute atomic E-state index is 0.174. The van der Waals surface area contributed by atoms with E-state index in [1.165, 1.54) is 7.11 Å². The van der Waals surface area contributed by atoms with Gasteiger partial charge in [-0.1, -0.05) is 6.07 Å². The predicted octanol–water partition coefficient (Wildman–Crippen LogP) is -0.000840. The van der Waals surface area contributed by atoms with Crippen LogP contribution in [0.15, 0.2) is 18.2 Å². The molecule has 1 fully saturated rings. The van der Waals surface area contributed by atoms with Gasteiger partial charge in [-0.3, -0.25) is 5.73 Å². The number of nitriles is 2. The Balaban J connectivity index is 2.21. The highest BCUT2D eigenvalue weighted by molar-refractivity contribution is 5.95. The van der Waals surface area contributed by atoms with Gasteiger partial charge in [-0.2, -0.15) is 10.5 Å². The van der Waals surface area contributed by atoms with Crippen LogP contribution in [0.5, 0.6) is 11.5 Å². The van der Waals surface area contributed by atoms with E-state index < -0.39 is 22.7 Å². The minimum Gasteiger partial charge on any atom is -0.493 e. The Bertz CT molecular complexity index is 865. The van der Waals surface area contributed by atoms with Gasteiger partial charge in [0.25, 0.3) is 5.84 Å². The fraction of sp³-hybridized carbons (Fsp3) is 0.526. The third-order valence-corrected chi connectivity index (χ3v) is 5.44. The molecule has 3 unspecified atom stereocenters. The first-order valence-electron chi connectivity index (χ1n) is 8.71. The minimum atomic E-state index is -1.50. The number of rotatable bonds is 7. The van der Waals surface area contributed by atoms with Gasteiger partial charge >= 0.3 is 5.91 Å². The topological polar surface area (TPSA) is 124 Å². The zero-order valence-corrected chi connectivity index (χ0v) is 15.8. The van der Waals surface area contributed by atoms with Crippen LogP contribution in [0.3, 0.4) is 0 Å². The van der Waals surface area contributed by atoms with Gasteiger partial charge in [0.2, 0.25) is 0 Å². The average Bonchev–Trinajstić information content (AvgIpc) is 3.26. The smallest absolute Gasteiger partial charge is 0.343 e. The van der Waals surface area contributed by atoms with Gasteiger partial charge in [-0.05, 0) is 31.5 Å². The maximum atomic E-state index is 10.2. The van der Waals surface area contributed by atoms with Gasteiger partial charge in [-0.25, -0.2) is 4.99 Å². The lowest BCUT2D eigenvalue weighted by atomic mass is 9.93. The van der Waals surface area contributed by atoms with Crippen molar-refractivity contribution in [1.29, 1.82) is 10.5 Å². The summed E-state index contributed by atoms with van der Waals surface area (Å²) in [5, 5.41) is 20.3. The summed E-state index contributed by atoms with van der Waals surface area (Å²) in [5.74, 6) is -0.804. The quantitative estimate of drug-likeness (QED) is 0.646. The van der Waals surface area contributed by atoms with Gasteiger partial charge in [0.15, 0.2) is 22.3 Å². The molecule has 1 aromatic rings. The SMILES string of the molecule is CCOC1(OCC)[NH+]=C(N)C2(C#N)C(c3ccc(OC)c(OC)c3)C12C#N. The van der Waals surface area contributed by atoms with Crippen LogP contribution in [0, 0.1) is 33.5 Å². The molecule has 8 nitrogen and oxygen atoms in total. The first-order chi connectivity index (χ1) is 13.0. The van der Waals surface area contributed by atoms with Crippen LogP contribution in [-0.4, -0.2) is 39.2 Å². The molecule has 1 aromatic carbocycles. The lowest BCUT2D eigenvalue weighted by Gasteiger charge is -2.29. The van der Waals surface area contributed by atoms with Crippen molar-refractivity contribution >= 4 is 5.84 Å². The zero-order chi connectivity index (χ0) is 19.9. The molecule has 0 aromatic heterocycles. The Hall–Kier alpha value is -2.81. The highest BCUT2D eigenvalue weighted by Gasteiger charge is 2.97. The van der Waals surface area contributed by atoms with Crippen molar-refractivity contribution in [2.24, 2.45) is 16.6 Å². The molecule has 0 amide bonds. The Morgan fingerprint density at radius 3 is 2.19 bits per heavy atom. The van der Waals surface area contributed by atoms with Gasteiger partial charge < -0.3 is 18.9 Å². The molecule has 0 saturated heterocycles. The molecule has 0 bridgehead atoms. The van der Waals surface area contributed by atoms with Crippen LogP contribution in [0.2, 0.25) is 0 Å². The van der Waals surface area contributed by atoms with E-state index in [-0.39, 0.29) is 19.0 Å². The van der Waals surface area contributed by atoms with E-state index in [1.807, 2.05) is 0 Å². The summed E-state index contributed by atoms with van der Waals surface area (Å²) in [6.45, 7) is 4.15. The Labute approximate surface area is 158 Å². The fourth-order valence-corrected chi connectivity index (χ4v) is 4.39. The Morgan fingerprint density at radius 1 is 1.07 bits per heavy atom. The molecule has 1 aliphatic heterocycles. The van der Waals surface area contributed by atoms with Gasteiger partial charge in [0, 0.05) is 5.92 Å². The monoisotopic (exact) mass is 371 g/mol. The number of ether oxygens (including phenoxy) is 4. The van der Waals surface area contributed by atoms with Crippen molar-refractivity contribution in [2.75, 3.05) is 27.4 Å². The number of nitrogens with two attached hydrogens (primary N) is 1. The summed E-state index contributed by atoms with van der Waals surface area (Å²) in [7, 11) is 3.07. The highest BCUT2D eigenvalue weighted by atomic mass is 16.7. The van der Waals surface area contributed by atoms with Crippen LogP contribution in [0.1, 0.15) is 25.3 Å². The van der Waals surface area contributed by atoms with Crippen molar-refractivity contribution < 1.29 is 23.9 Å². The summed E-state index contributed by atoms with van der Waals surface area (Å²) in [5.41, 5.74) is 4.36. The van der Waals surface area contributed by atoms with Crippen LogP contribution in [0.25, 0.3) is 0 Å². The van der Waals surface area contributed by atoms with Crippen molar-refractivity contribution in [2.45, 2.75) is 25.7 Å². The molecule has 0 radical (unpaired) electrons. The van der Waals surface area contributed by atoms with Crippen molar-refractivity contribution in [3.05, 3.63) is 23.8 Å². The molecule has 3 rings (SSSR count). The number of fused-ring (bicyclic) bond motifs is 1. The molecule has 2 aliphatic rings. The Kier molecular flexibility index (Phi) is 4.51. The van der Waals surface area contributed by atoms with Gasteiger partial charge in [0.1, 0.15) is 0 Å². The second kappa shape index (κ2) is 6.41. The first-order valence-corrected chi connectivity index (χ1v) is 8.71. The largest absolute Gasteiger partial charge is 0.493 e. The summed E-state index contributed by atoms with van der Waals surface area (Å²) in [6, 6.07) is 9.87. The molecule has 1 heterocycles. The van der Waals surface area contributed by atoms with E-state index >= 15 is 0 Å². The van der Waals surface area contributed by atoms with E-state index in [9.17, 15) is 10.5 Å². The standard InChI is InChI=1S/C19H22N4O4/c1-5-26-19(27-6-2)18(11-21)15(17(18,10-20)16(22)23-19)12-7-8-13(24-3)14(9-12)25-4/h7-9,15H,5-6H2,1-4H3,(H2,22,23)/p+1. The molecule has 3 N–H and O–H groups in total. The normalized spacial score (nSPS) is 29.9. The summed E-state index contributed by atoms with van der Waals surface area (Å²) in [4.78, 5) is 2.95. The second-order valence-corrected chi connectivity index (χ2v) is 6.41. The molecule has 142 valence electrons. The maximum Gasteiger partial charge on any atom is 0.343 e. The van der Waals surface area contributed by atoms with Crippen LogP contribution in [-0.2, 0) is 9.47 Å². The van der Waals surface area contributed by atoms with Crippen molar-refractivity contribution in [3.8, 4) is 23.6 Å². The molecule has 8 heteroatoms. The molecule has 3 atom stereocenters. The number of hydrogen-bond donors (Lipinski definition) is 2. The number of hydrogen-bond acceptors (Lipinski definition) is 7. The van der Waals surface area contributed by atoms with Crippen LogP contribution >= 0.6 is 0 Å². The summed E-state index contributed by atoms with van der Waals surface area (Å²) >= 11 is 0. The molecule has 1 aliphatic carbocycles. The highest BCUT2D eigenvalue weighted by Crippen LogP contribution is 2.78. The lowest BCUT2D eigenvalue weighted by Crippen LogP contribution is -2.91. The van der Waals surface area contributed by atoms with Crippen molar-refractivity contribution in [1.82, 2.24) is 0 Å².